The Morgan fingerprint density at radius 2 is 2.27 bits per heavy atom. The molecule has 15 heavy (non-hydrogen) atoms. The predicted octanol–water partition coefficient (Wildman–Crippen LogP) is 1.90. The van der Waals surface area contributed by atoms with E-state index >= 15 is 0 Å². The highest BCUT2D eigenvalue weighted by Gasteiger charge is 2.33. The molecule has 0 heterocycles. The minimum absolute atomic E-state index is 0.386. The first-order valence-electron chi connectivity index (χ1n) is 4.76. The second-order valence-corrected chi connectivity index (χ2v) is 3.56. The van der Waals surface area contributed by atoms with E-state index in [1.807, 2.05) is 0 Å². The molecule has 4 nitrogen and oxygen atoms in total. The van der Waals surface area contributed by atoms with Crippen LogP contribution in [-0.2, 0) is 4.79 Å². The summed E-state index contributed by atoms with van der Waals surface area (Å²) in [5, 5.41) is 9.01. The molecular weight excluding hydrogens is 194 g/mol. The molecule has 0 saturated carbocycles. The number of rotatable bonds is 4. The molecule has 1 aromatic carbocycles. The summed E-state index contributed by atoms with van der Waals surface area (Å²) in [6.45, 7) is 3.30. The summed E-state index contributed by atoms with van der Waals surface area (Å²) in [5.41, 5.74) is 4.92. The maximum atomic E-state index is 11.0. The molecule has 3 N–H and O–H groups in total. The van der Waals surface area contributed by atoms with Crippen LogP contribution in [0.5, 0.6) is 5.75 Å². The third-order valence-corrected chi connectivity index (χ3v) is 2.33. The molecule has 82 valence electrons. The summed E-state index contributed by atoms with van der Waals surface area (Å²) in [6.07, 6.45) is 0.386. The molecule has 1 aromatic rings. The van der Waals surface area contributed by atoms with Gasteiger partial charge in [0.1, 0.15) is 5.75 Å². The standard InChI is InChI=1S/C11H15NO3/c1-3-11(2,10(13)14)15-9-6-4-5-8(12)7-9/h4-7H,3,12H2,1-2H3,(H,13,14). The van der Waals surface area contributed by atoms with Gasteiger partial charge in [-0.25, -0.2) is 4.79 Å². The molecule has 0 aromatic heterocycles. The quantitative estimate of drug-likeness (QED) is 0.743. The molecule has 0 aliphatic heterocycles. The molecule has 0 radical (unpaired) electrons. The summed E-state index contributed by atoms with van der Waals surface area (Å²) in [4.78, 5) is 11.0. The van der Waals surface area contributed by atoms with Gasteiger partial charge >= 0.3 is 5.97 Å². The van der Waals surface area contributed by atoms with Gasteiger partial charge in [-0.1, -0.05) is 13.0 Å². The normalized spacial score (nSPS) is 14.3. The second kappa shape index (κ2) is 4.21. The van der Waals surface area contributed by atoms with Crippen molar-refractivity contribution in [2.45, 2.75) is 25.9 Å². The highest BCUT2D eigenvalue weighted by Crippen LogP contribution is 2.23. The van der Waals surface area contributed by atoms with Crippen LogP contribution in [0.25, 0.3) is 0 Å². The molecule has 0 aliphatic carbocycles. The lowest BCUT2D eigenvalue weighted by atomic mass is 10.0. The number of nitrogen functional groups attached to an aromatic ring is 1. The Bertz CT molecular complexity index is 365. The zero-order valence-corrected chi connectivity index (χ0v) is 8.86. The Morgan fingerprint density at radius 1 is 1.60 bits per heavy atom. The summed E-state index contributed by atoms with van der Waals surface area (Å²) in [7, 11) is 0. The fourth-order valence-electron chi connectivity index (χ4n) is 1.11. The second-order valence-electron chi connectivity index (χ2n) is 3.56. The molecule has 0 aliphatic rings. The van der Waals surface area contributed by atoms with Crippen molar-refractivity contribution in [1.29, 1.82) is 0 Å². The van der Waals surface area contributed by atoms with Crippen LogP contribution in [-0.4, -0.2) is 16.7 Å². The van der Waals surface area contributed by atoms with E-state index < -0.39 is 11.6 Å². The Morgan fingerprint density at radius 3 is 2.73 bits per heavy atom. The molecule has 0 saturated heterocycles. The van der Waals surface area contributed by atoms with E-state index in [1.165, 1.54) is 0 Å². The molecule has 4 heteroatoms. The molecule has 0 spiro atoms. The summed E-state index contributed by atoms with van der Waals surface area (Å²) in [6, 6.07) is 6.74. The summed E-state index contributed by atoms with van der Waals surface area (Å²) >= 11 is 0. The van der Waals surface area contributed by atoms with E-state index in [0.29, 0.717) is 17.9 Å². The van der Waals surface area contributed by atoms with E-state index in [1.54, 1.807) is 38.1 Å². The van der Waals surface area contributed by atoms with Crippen molar-refractivity contribution in [3.05, 3.63) is 24.3 Å². The lowest BCUT2D eigenvalue weighted by Gasteiger charge is -2.24. The highest BCUT2D eigenvalue weighted by atomic mass is 16.5. The third-order valence-electron chi connectivity index (χ3n) is 2.33. The molecule has 0 bridgehead atoms. The maximum absolute atomic E-state index is 11.0. The molecule has 0 fully saturated rings. The van der Waals surface area contributed by atoms with Gasteiger partial charge in [0.15, 0.2) is 0 Å². The number of aliphatic carboxylic acids is 1. The lowest BCUT2D eigenvalue weighted by molar-refractivity contribution is -0.154. The van der Waals surface area contributed by atoms with Gasteiger partial charge in [-0.05, 0) is 25.5 Å². The maximum Gasteiger partial charge on any atom is 0.347 e. The van der Waals surface area contributed by atoms with Crippen molar-refractivity contribution < 1.29 is 14.6 Å². The average Bonchev–Trinajstić information content (AvgIpc) is 2.17. The van der Waals surface area contributed by atoms with Gasteiger partial charge in [0.25, 0.3) is 0 Å². The number of benzene rings is 1. The van der Waals surface area contributed by atoms with Crippen LogP contribution in [0.3, 0.4) is 0 Å². The zero-order chi connectivity index (χ0) is 11.5. The molecule has 1 atom stereocenters. The van der Waals surface area contributed by atoms with Gasteiger partial charge in [0, 0.05) is 11.8 Å². The van der Waals surface area contributed by atoms with Crippen LogP contribution >= 0.6 is 0 Å². The first-order valence-corrected chi connectivity index (χ1v) is 4.76. The number of carbonyl (C=O) groups is 1. The number of ether oxygens (including phenoxy) is 1. The Balaban J connectivity index is 2.89. The van der Waals surface area contributed by atoms with Crippen LogP contribution in [0, 0.1) is 0 Å². The average molecular weight is 209 g/mol. The summed E-state index contributed by atoms with van der Waals surface area (Å²) < 4.78 is 5.41. The monoisotopic (exact) mass is 209 g/mol. The Labute approximate surface area is 88.7 Å². The predicted molar refractivity (Wildman–Crippen MR) is 57.8 cm³/mol. The number of hydrogen-bond donors (Lipinski definition) is 2. The SMILES string of the molecule is CCC(C)(Oc1cccc(N)c1)C(=O)O. The third kappa shape index (κ3) is 2.62. The molecular formula is C11H15NO3. The number of hydrogen-bond acceptors (Lipinski definition) is 3. The smallest absolute Gasteiger partial charge is 0.347 e. The fourth-order valence-corrected chi connectivity index (χ4v) is 1.11. The van der Waals surface area contributed by atoms with Gasteiger partial charge < -0.3 is 15.6 Å². The lowest BCUT2D eigenvalue weighted by Crippen LogP contribution is -2.40. The first-order chi connectivity index (χ1) is 6.98. The van der Waals surface area contributed by atoms with Crippen molar-refractivity contribution >= 4 is 11.7 Å². The minimum atomic E-state index is -1.20. The van der Waals surface area contributed by atoms with Crippen LogP contribution in [0.1, 0.15) is 20.3 Å². The number of anilines is 1. The molecule has 1 unspecified atom stereocenters. The van der Waals surface area contributed by atoms with E-state index in [2.05, 4.69) is 0 Å². The molecule has 1 rings (SSSR count). The van der Waals surface area contributed by atoms with Gasteiger partial charge in [0.2, 0.25) is 5.60 Å². The van der Waals surface area contributed by atoms with Gasteiger partial charge in [-0.15, -0.1) is 0 Å². The van der Waals surface area contributed by atoms with Gasteiger partial charge in [-0.3, -0.25) is 0 Å². The Kier molecular flexibility index (Phi) is 3.19. The number of nitrogens with two attached hydrogens (primary N) is 1. The van der Waals surface area contributed by atoms with Crippen molar-refractivity contribution in [1.82, 2.24) is 0 Å². The van der Waals surface area contributed by atoms with Crippen LogP contribution in [0.4, 0.5) is 5.69 Å². The van der Waals surface area contributed by atoms with E-state index in [9.17, 15) is 4.79 Å². The first kappa shape index (κ1) is 11.4. The van der Waals surface area contributed by atoms with Crippen LogP contribution < -0.4 is 10.5 Å². The van der Waals surface area contributed by atoms with Crippen molar-refractivity contribution in [2.24, 2.45) is 0 Å². The minimum Gasteiger partial charge on any atom is -0.478 e. The van der Waals surface area contributed by atoms with Gasteiger partial charge in [0.05, 0.1) is 0 Å². The number of carboxylic acid groups (broad SMARTS) is 1. The van der Waals surface area contributed by atoms with E-state index in [-0.39, 0.29) is 0 Å². The van der Waals surface area contributed by atoms with Crippen molar-refractivity contribution in [3.8, 4) is 5.75 Å². The molecule has 0 amide bonds. The fraction of sp³-hybridized carbons (Fsp3) is 0.364. The van der Waals surface area contributed by atoms with E-state index in [0.717, 1.165) is 0 Å². The topological polar surface area (TPSA) is 72.5 Å². The zero-order valence-electron chi connectivity index (χ0n) is 8.86. The highest BCUT2D eigenvalue weighted by molar-refractivity contribution is 5.77. The van der Waals surface area contributed by atoms with Crippen LogP contribution in [0.15, 0.2) is 24.3 Å². The Hall–Kier alpha value is -1.71. The van der Waals surface area contributed by atoms with Crippen molar-refractivity contribution in [3.63, 3.8) is 0 Å². The largest absolute Gasteiger partial charge is 0.478 e. The van der Waals surface area contributed by atoms with Crippen LogP contribution in [0.2, 0.25) is 0 Å². The van der Waals surface area contributed by atoms with Crippen molar-refractivity contribution in [2.75, 3.05) is 5.73 Å². The van der Waals surface area contributed by atoms with E-state index in [4.69, 9.17) is 15.6 Å². The van der Waals surface area contributed by atoms with Gasteiger partial charge in [-0.2, -0.15) is 0 Å². The number of carboxylic acids is 1. The summed E-state index contributed by atoms with van der Waals surface area (Å²) in [5.74, 6) is -0.505.